The minimum Gasteiger partial charge on any atom is -0.507 e. The highest BCUT2D eigenvalue weighted by molar-refractivity contribution is 6.33. The largest absolute Gasteiger partial charge is 0.507 e. The van der Waals surface area contributed by atoms with Crippen molar-refractivity contribution in [2.24, 2.45) is 5.10 Å². The molecule has 0 saturated carbocycles. The van der Waals surface area contributed by atoms with Crippen molar-refractivity contribution in [3.63, 3.8) is 0 Å². The molecule has 8 nitrogen and oxygen atoms in total. The number of carbonyl (C=O) groups excluding carboxylic acids is 1. The average molecular weight is 387 g/mol. The first-order valence-electron chi connectivity index (χ1n) is 8.45. The van der Waals surface area contributed by atoms with Crippen LogP contribution in [0.2, 0.25) is 5.02 Å². The van der Waals surface area contributed by atoms with Crippen LogP contribution in [0.25, 0.3) is 5.65 Å². The summed E-state index contributed by atoms with van der Waals surface area (Å²) in [7, 11) is 0. The third-order valence-electron chi connectivity index (χ3n) is 4.10. The first-order valence-corrected chi connectivity index (χ1v) is 8.83. The summed E-state index contributed by atoms with van der Waals surface area (Å²) >= 11 is 6.02. The zero-order valence-electron chi connectivity index (χ0n) is 14.9. The number of aromatic hydroxyl groups is 1. The number of hydrogen-bond acceptors (Lipinski definition) is 6. The maximum atomic E-state index is 12.3. The lowest BCUT2D eigenvalue weighted by Gasteiger charge is -2.21. The molecule has 0 aliphatic carbocycles. The molecule has 0 saturated heterocycles. The Kier molecular flexibility index (Phi) is 5.56. The van der Waals surface area contributed by atoms with Gasteiger partial charge in [-0.1, -0.05) is 11.6 Å². The molecule has 0 aliphatic rings. The van der Waals surface area contributed by atoms with Gasteiger partial charge in [0.15, 0.2) is 5.65 Å². The molecule has 9 heteroatoms. The van der Waals surface area contributed by atoms with Gasteiger partial charge < -0.3 is 10.0 Å². The summed E-state index contributed by atoms with van der Waals surface area (Å²) < 4.78 is 1.48. The Bertz CT molecular complexity index is 997. The van der Waals surface area contributed by atoms with Crippen LogP contribution in [-0.4, -0.2) is 44.9 Å². The Morgan fingerprint density at radius 2 is 2.11 bits per heavy atom. The Labute approximate surface area is 161 Å². The summed E-state index contributed by atoms with van der Waals surface area (Å²) in [6.45, 7) is 5.78. The molecule has 3 aromatic rings. The number of hydrazone groups is 1. The number of anilines is 1. The fourth-order valence-corrected chi connectivity index (χ4v) is 2.88. The van der Waals surface area contributed by atoms with Crippen molar-refractivity contribution in [3.05, 3.63) is 52.9 Å². The molecule has 0 radical (unpaired) electrons. The molecule has 2 heterocycles. The smallest absolute Gasteiger partial charge is 0.309 e. The highest BCUT2D eigenvalue weighted by atomic mass is 35.5. The van der Waals surface area contributed by atoms with Gasteiger partial charge >= 0.3 is 5.91 Å². The maximum absolute atomic E-state index is 12.3. The number of hydrogen-bond donors (Lipinski definition) is 2. The number of phenols is 1. The molecule has 1 aromatic carbocycles. The summed E-state index contributed by atoms with van der Waals surface area (Å²) in [5.74, 6) is -0.400. The Morgan fingerprint density at radius 3 is 2.81 bits per heavy atom. The van der Waals surface area contributed by atoms with Gasteiger partial charge in [-0.3, -0.25) is 9.20 Å². The predicted molar refractivity (Wildman–Crippen MR) is 105 cm³/mol. The van der Waals surface area contributed by atoms with E-state index in [0.717, 1.165) is 18.8 Å². The zero-order valence-corrected chi connectivity index (χ0v) is 15.7. The number of benzene rings is 1. The highest BCUT2D eigenvalue weighted by Crippen LogP contribution is 2.23. The van der Waals surface area contributed by atoms with Gasteiger partial charge in [0, 0.05) is 36.6 Å². The van der Waals surface area contributed by atoms with E-state index in [1.165, 1.54) is 10.6 Å². The number of aromatic nitrogens is 3. The molecule has 140 valence electrons. The number of carbonyl (C=O) groups is 1. The fourth-order valence-electron chi connectivity index (χ4n) is 2.68. The molecule has 0 bridgehead atoms. The second kappa shape index (κ2) is 8.05. The topological polar surface area (TPSA) is 95.1 Å². The molecule has 0 fully saturated rings. The number of halogens is 1. The lowest BCUT2D eigenvalue weighted by molar-refractivity contribution is 0.0943. The van der Waals surface area contributed by atoms with Crippen molar-refractivity contribution in [1.29, 1.82) is 0 Å². The van der Waals surface area contributed by atoms with Crippen molar-refractivity contribution in [2.75, 3.05) is 18.0 Å². The summed E-state index contributed by atoms with van der Waals surface area (Å²) in [6, 6.07) is 8.66. The predicted octanol–water partition coefficient (Wildman–Crippen LogP) is 2.70. The minimum atomic E-state index is -0.541. The first kappa shape index (κ1) is 18.7. The van der Waals surface area contributed by atoms with Crippen LogP contribution in [0.1, 0.15) is 30.0 Å². The molecule has 0 unspecified atom stereocenters. The van der Waals surface area contributed by atoms with E-state index >= 15 is 0 Å². The SMILES string of the molecule is CCN(CC)c1ccc(C=NNC(=O)c2nnc3c(Cl)cccn23)c(O)c1. The summed E-state index contributed by atoms with van der Waals surface area (Å²) in [5.41, 5.74) is 4.17. The van der Waals surface area contributed by atoms with Crippen LogP contribution in [0, 0.1) is 0 Å². The van der Waals surface area contributed by atoms with E-state index in [9.17, 15) is 9.90 Å². The highest BCUT2D eigenvalue weighted by Gasteiger charge is 2.15. The molecule has 0 atom stereocenters. The third kappa shape index (κ3) is 3.85. The van der Waals surface area contributed by atoms with Crippen LogP contribution in [-0.2, 0) is 0 Å². The van der Waals surface area contributed by atoms with Gasteiger partial charge in [0.2, 0.25) is 5.82 Å². The standard InChI is InChI=1S/C18H19ClN6O2/c1-3-24(4-2)13-8-7-12(15(26)10-13)11-20-23-18(27)17-22-21-16-14(19)6-5-9-25(16)17/h5-11,26H,3-4H2,1-2H3,(H,23,27). The lowest BCUT2D eigenvalue weighted by atomic mass is 10.2. The second-order valence-corrected chi connectivity index (χ2v) is 6.10. The van der Waals surface area contributed by atoms with Crippen molar-refractivity contribution >= 4 is 35.1 Å². The lowest BCUT2D eigenvalue weighted by Crippen LogP contribution is -2.21. The molecular weight excluding hydrogens is 368 g/mol. The molecule has 1 amide bonds. The molecule has 3 rings (SSSR count). The number of pyridine rings is 1. The van der Waals surface area contributed by atoms with Crippen LogP contribution in [0.3, 0.4) is 0 Å². The Morgan fingerprint density at radius 1 is 1.33 bits per heavy atom. The zero-order chi connectivity index (χ0) is 19.4. The van der Waals surface area contributed by atoms with Crippen LogP contribution >= 0.6 is 11.6 Å². The van der Waals surface area contributed by atoms with E-state index in [4.69, 9.17) is 11.6 Å². The molecule has 0 aliphatic heterocycles. The quantitative estimate of drug-likeness (QED) is 0.501. The van der Waals surface area contributed by atoms with Gasteiger partial charge in [-0.2, -0.15) is 5.10 Å². The summed E-state index contributed by atoms with van der Waals surface area (Å²) in [6.07, 6.45) is 3.01. The Balaban J connectivity index is 1.73. The monoisotopic (exact) mass is 386 g/mol. The van der Waals surface area contributed by atoms with Crippen LogP contribution < -0.4 is 10.3 Å². The van der Waals surface area contributed by atoms with Gasteiger partial charge in [-0.25, -0.2) is 5.43 Å². The summed E-state index contributed by atoms with van der Waals surface area (Å²) in [5, 5.41) is 22.2. The van der Waals surface area contributed by atoms with E-state index in [2.05, 4.69) is 25.6 Å². The van der Waals surface area contributed by atoms with E-state index in [-0.39, 0.29) is 11.6 Å². The van der Waals surface area contributed by atoms with E-state index < -0.39 is 5.91 Å². The second-order valence-electron chi connectivity index (χ2n) is 5.69. The van der Waals surface area contributed by atoms with Crippen LogP contribution in [0.5, 0.6) is 5.75 Å². The number of fused-ring (bicyclic) bond motifs is 1. The van der Waals surface area contributed by atoms with Gasteiger partial charge in [0.25, 0.3) is 0 Å². The number of phenolic OH excluding ortho intramolecular Hbond substituents is 1. The average Bonchev–Trinajstić information content (AvgIpc) is 3.10. The Hall–Kier alpha value is -3.13. The number of nitrogens with zero attached hydrogens (tertiary/aromatic N) is 5. The fraction of sp³-hybridized carbons (Fsp3) is 0.222. The van der Waals surface area contributed by atoms with Crippen molar-refractivity contribution in [2.45, 2.75) is 13.8 Å². The van der Waals surface area contributed by atoms with E-state index in [1.54, 1.807) is 30.5 Å². The van der Waals surface area contributed by atoms with Gasteiger partial charge in [0.05, 0.1) is 11.2 Å². The normalized spacial score (nSPS) is 11.2. The van der Waals surface area contributed by atoms with E-state index in [0.29, 0.717) is 16.2 Å². The molecule has 0 spiro atoms. The molecule has 2 N–H and O–H groups in total. The van der Waals surface area contributed by atoms with Gasteiger partial charge in [0.1, 0.15) is 5.75 Å². The van der Waals surface area contributed by atoms with Crippen molar-refractivity contribution in [3.8, 4) is 5.75 Å². The van der Waals surface area contributed by atoms with E-state index in [1.807, 2.05) is 19.9 Å². The van der Waals surface area contributed by atoms with Gasteiger partial charge in [-0.15, -0.1) is 10.2 Å². The molecule has 27 heavy (non-hydrogen) atoms. The van der Waals surface area contributed by atoms with Gasteiger partial charge in [-0.05, 0) is 38.1 Å². The van der Waals surface area contributed by atoms with Crippen molar-refractivity contribution < 1.29 is 9.90 Å². The van der Waals surface area contributed by atoms with Crippen molar-refractivity contribution in [1.82, 2.24) is 20.0 Å². The molecule has 2 aromatic heterocycles. The first-order chi connectivity index (χ1) is 13.0. The minimum absolute atomic E-state index is 0.0609. The summed E-state index contributed by atoms with van der Waals surface area (Å²) in [4.78, 5) is 14.4. The maximum Gasteiger partial charge on any atom is 0.309 e. The number of amides is 1. The number of rotatable bonds is 6. The molecular formula is C18H19ClN6O2. The van der Waals surface area contributed by atoms with Crippen LogP contribution in [0.4, 0.5) is 5.69 Å². The number of nitrogens with one attached hydrogen (secondary N) is 1. The van der Waals surface area contributed by atoms with Crippen LogP contribution in [0.15, 0.2) is 41.6 Å². The third-order valence-corrected chi connectivity index (χ3v) is 4.40.